The van der Waals surface area contributed by atoms with Crippen LogP contribution in [-0.2, 0) is 29.4 Å². The van der Waals surface area contributed by atoms with E-state index in [4.69, 9.17) is 4.74 Å². The van der Waals surface area contributed by atoms with Crippen molar-refractivity contribution >= 4 is 5.91 Å². The summed E-state index contributed by atoms with van der Waals surface area (Å²) in [6, 6.07) is 5.36. The van der Waals surface area contributed by atoms with Crippen LogP contribution in [0.5, 0.6) is 0 Å². The number of aromatic nitrogens is 4. The van der Waals surface area contributed by atoms with Gasteiger partial charge in [-0.1, -0.05) is 17.4 Å². The van der Waals surface area contributed by atoms with Crippen LogP contribution in [0.2, 0.25) is 0 Å². The highest BCUT2D eigenvalue weighted by atomic mass is 16.5. The van der Waals surface area contributed by atoms with Crippen molar-refractivity contribution in [3.05, 3.63) is 54.1 Å². The van der Waals surface area contributed by atoms with Crippen LogP contribution in [0.3, 0.4) is 0 Å². The van der Waals surface area contributed by atoms with Gasteiger partial charge in [0.2, 0.25) is 5.91 Å². The Balaban J connectivity index is 1.79. The van der Waals surface area contributed by atoms with Crippen LogP contribution in [0.25, 0.3) is 0 Å². The monoisotopic (exact) mass is 327 g/mol. The molecule has 0 aromatic carbocycles. The molecule has 0 saturated heterocycles. The van der Waals surface area contributed by atoms with E-state index < -0.39 is 0 Å². The summed E-state index contributed by atoms with van der Waals surface area (Å²) in [5.41, 5.74) is 2.64. The Hall–Kier alpha value is -2.54. The summed E-state index contributed by atoms with van der Waals surface area (Å²) in [6.45, 7) is 5.10. The van der Waals surface area contributed by atoms with Gasteiger partial charge in [0.15, 0.2) is 0 Å². The lowest BCUT2D eigenvalue weighted by Crippen LogP contribution is -2.43. The molecule has 126 valence electrons. The Morgan fingerprint density at radius 2 is 2.38 bits per heavy atom. The molecule has 3 heterocycles. The van der Waals surface area contributed by atoms with Crippen LogP contribution in [0.15, 0.2) is 37.1 Å². The van der Waals surface area contributed by atoms with Crippen LogP contribution < -0.4 is 0 Å². The van der Waals surface area contributed by atoms with Gasteiger partial charge in [0, 0.05) is 31.9 Å². The molecule has 7 nitrogen and oxygen atoms in total. The molecule has 0 bridgehead atoms. The number of pyridine rings is 1. The third kappa shape index (κ3) is 3.35. The highest BCUT2D eigenvalue weighted by molar-refractivity contribution is 5.79. The molecule has 1 aliphatic rings. The van der Waals surface area contributed by atoms with E-state index in [1.54, 1.807) is 17.0 Å². The highest BCUT2D eigenvalue weighted by Crippen LogP contribution is 2.28. The van der Waals surface area contributed by atoms with Gasteiger partial charge in [-0.3, -0.25) is 14.5 Å². The lowest BCUT2D eigenvalue weighted by molar-refractivity contribution is -0.135. The lowest BCUT2D eigenvalue weighted by atomic mass is 10.0. The number of hydrogen-bond donors (Lipinski definition) is 0. The quantitative estimate of drug-likeness (QED) is 0.586. The predicted molar refractivity (Wildman–Crippen MR) is 88.1 cm³/mol. The molecule has 1 aliphatic heterocycles. The van der Waals surface area contributed by atoms with Gasteiger partial charge in [-0.15, -0.1) is 11.7 Å². The third-order valence-electron chi connectivity index (χ3n) is 4.14. The van der Waals surface area contributed by atoms with Crippen molar-refractivity contribution in [2.75, 3.05) is 19.8 Å². The highest BCUT2D eigenvalue weighted by Gasteiger charge is 2.34. The Labute approximate surface area is 140 Å². The maximum Gasteiger partial charge on any atom is 0.229 e. The minimum atomic E-state index is -0.224. The van der Waals surface area contributed by atoms with Gasteiger partial charge in [0.05, 0.1) is 25.3 Å². The summed E-state index contributed by atoms with van der Waals surface area (Å²) in [6.07, 6.45) is 4.41. The van der Waals surface area contributed by atoms with Gasteiger partial charge in [0.1, 0.15) is 11.7 Å². The average molecular weight is 327 g/mol. The zero-order valence-electron chi connectivity index (χ0n) is 13.8. The largest absolute Gasteiger partial charge is 0.375 e. The molecule has 0 aliphatic carbocycles. The summed E-state index contributed by atoms with van der Waals surface area (Å²) in [7, 11) is 1.87. The number of ether oxygens (including phenoxy) is 1. The number of carbonyl (C=O) groups is 1. The first-order chi connectivity index (χ1) is 11.7. The minimum absolute atomic E-state index is 0.0252. The van der Waals surface area contributed by atoms with Gasteiger partial charge >= 0.3 is 0 Å². The van der Waals surface area contributed by atoms with Crippen molar-refractivity contribution in [2.24, 2.45) is 7.05 Å². The van der Waals surface area contributed by atoms with E-state index in [1.165, 1.54) is 0 Å². The van der Waals surface area contributed by atoms with Crippen LogP contribution in [0.4, 0.5) is 0 Å². The van der Waals surface area contributed by atoms with Gasteiger partial charge in [0.25, 0.3) is 0 Å². The topological polar surface area (TPSA) is 73.1 Å². The fourth-order valence-corrected chi connectivity index (χ4v) is 2.96. The van der Waals surface area contributed by atoms with E-state index in [1.807, 2.05) is 30.1 Å². The summed E-state index contributed by atoms with van der Waals surface area (Å²) in [4.78, 5) is 18.8. The van der Waals surface area contributed by atoms with E-state index in [0.29, 0.717) is 19.8 Å². The van der Waals surface area contributed by atoms with Crippen molar-refractivity contribution < 1.29 is 9.53 Å². The predicted octanol–water partition coefficient (Wildman–Crippen LogP) is 1.08. The molecule has 0 saturated carbocycles. The summed E-state index contributed by atoms with van der Waals surface area (Å²) < 4.78 is 7.39. The molecule has 1 atom stereocenters. The summed E-state index contributed by atoms with van der Waals surface area (Å²) in [5, 5.41) is 8.35. The van der Waals surface area contributed by atoms with E-state index in [0.717, 1.165) is 23.5 Å². The Morgan fingerprint density at radius 1 is 1.50 bits per heavy atom. The first-order valence-electron chi connectivity index (χ1n) is 7.97. The molecule has 24 heavy (non-hydrogen) atoms. The van der Waals surface area contributed by atoms with E-state index >= 15 is 0 Å². The van der Waals surface area contributed by atoms with Crippen molar-refractivity contribution in [3.63, 3.8) is 0 Å². The number of carbonyl (C=O) groups excluding carboxylic acids is 1. The average Bonchev–Trinajstić information content (AvgIpc) is 2.97. The van der Waals surface area contributed by atoms with Crippen LogP contribution >= 0.6 is 0 Å². The molecule has 2 aromatic rings. The van der Waals surface area contributed by atoms with Gasteiger partial charge in [-0.25, -0.2) is 0 Å². The zero-order chi connectivity index (χ0) is 16.9. The molecular formula is C17H21N5O2. The molecule has 0 spiro atoms. The smallest absolute Gasteiger partial charge is 0.229 e. The first kappa shape index (κ1) is 16.3. The maximum absolute atomic E-state index is 12.8. The van der Waals surface area contributed by atoms with E-state index in [-0.39, 0.29) is 18.4 Å². The molecule has 1 amide bonds. The summed E-state index contributed by atoms with van der Waals surface area (Å²) >= 11 is 0. The minimum Gasteiger partial charge on any atom is -0.375 e. The Bertz CT molecular complexity index is 713. The fraction of sp³-hybridized carbons (Fsp3) is 0.412. The number of aryl methyl sites for hydroxylation is 1. The van der Waals surface area contributed by atoms with Gasteiger partial charge < -0.3 is 9.64 Å². The third-order valence-corrected chi connectivity index (χ3v) is 4.14. The van der Waals surface area contributed by atoms with Crippen LogP contribution in [-0.4, -0.2) is 50.5 Å². The number of amides is 1. The second kappa shape index (κ2) is 7.35. The number of hydrogen-bond acceptors (Lipinski definition) is 5. The molecule has 7 heteroatoms. The Kier molecular flexibility index (Phi) is 5.00. The van der Waals surface area contributed by atoms with Crippen LogP contribution in [0.1, 0.15) is 23.1 Å². The van der Waals surface area contributed by atoms with Gasteiger partial charge in [-0.05, 0) is 12.1 Å². The molecule has 0 fully saturated rings. The molecule has 1 unspecified atom stereocenters. The fourth-order valence-electron chi connectivity index (χ4n) is 2.96. The number of nitrogens with zero attached hydrogens (tertiary/aromatic N) is 5. The van der Waals surface area contributed by atoms with Gasteiger partial charge in [-0.2, -0.15) is 0 Å². The zero-order valence-corrected chi connectivity index (χ0v) is 13.8. The summed E-state index contributed by atoms with van der Waals surface area (Å²) in [5.74, 6) is 0.0252. The SMILES string of the molecule is C=CCOCC1c2nnn(C)c2CCN1C(=O)Cc1ccccn1. The molecule has 3 rings (SSSR count). The first-order valence-corrected chi connectivity index (χ1v) is 7.97. The second-order valence-corrected chi connectivity index (χ2v) is 5.72. The standard InChI is InChI=1S/C17H21N5O2/c1-3-10-24-12-15-17-14(21(2)20-19-17)7-9-22(15)16(23)11-13-6-4-5-8-18-13/h3-6,8,15H,1,7,9-12H2,2H3. The molecule has 2 aromatic heterocycles. The molecular weight excluding hydrogens is 306 g/mol. The second-order valence-electron chi connectivity index (χ2n) is 5.72. The van der Waals surface area contributed by atoms with Crippen LogP contribution in [0, 0.1) is 0 Å². The van der Waals surface area contributed by atoms with Crippen molar-refractivity contribution in [3.8, 4) is 0 Å². The normalized spacial score (nSPS) is 16.7. The van der Waals surface area contributed by atoms with Crippen molar-refractivity contribution in [1.29, 1.82) is 0 Å². The molecule has 0 N–H and O–H groups in total. The van der Waals surface area contributed by atoms with Crippen molar-refractivity contribution in [2.45, 2.75) is 18.9 Å². The number of fused-ring (bicyclic) bond motifs is 1. The van der Waals surface area contributed by atoms with E-state index in [9.17, 15) is 4.79 Å². The maximum atomic E-state index is 12.8. The Morgan fingerprint density at radius 3 is 3.12 bits per heavy atom. The lowest BCUT2D eigenvalue weighted by Gasteiger charge is -2.34. The van der Waals surface area contributed by atoms with E-state index in [2.05, 4.69) is 21.9 Å². The van der Waals surface area contributed by atoms with Crippen molar-refractivity contribution in [1.82, 2.24) is 24.9 Å². The number of rotatable bonds is 6. The molecule has 0 radical (unpaired) electrons.